The summed E-state index contributed by atoms with van der Waals surface area (Å²) < 4.78 is 5.65. The maximum absolute atomic E-state index is 5.65. The number of rotatable bonds is 7. The number of likely N-dealkylation sites (tertiary alicyclic amines) is 1. The fraction of sp³-hybridized carbons (Fsp3) is 0.588. The van der Waals surface area contributed by atoms with Crippen LogP contribution in [-0.2, 0) is 0 Å². The highest BCUT2D eigenvalue weighted by molar-refractivity contribution is 5.79. The number of para-hydroxylation sites is 1. The fourth-order valence-electron chi connectivity index (χ4n) is 2.59. The third-order valence-electron chi connectivity index (χ3n) is 3.80. The fourth-order valence-corrected chi connectivity index (χ4v) is 2.59. The molecule has 2 rings (SSSR count). The summed E-state index contributed by atoms with van der Waals surface area (Å²) >= 11 is 0. The van der Waals surface area contributed by atoms with E-state index in [0.717, 1.165) is 31.3 Å². The molecule has 1 aliphatic heterocycles. The molecule has 1 aromatic rings. The topological polar surface area (TPSA) is 48.9 Å². The zero-order chi connectivity index (χ0) is 15.5. The second-order valence-corrected chi connectivity index (χ2v) is 5.49. The number of hydrogen-bond donors (Lipinski definition) is 2. The summed E-state index contributed by atoms with van der Waals surface area (Å²) in [6, 6.07) is 9.87. The Hall–Kier alpha value is -1.75. The zero-order valence-electron chi connectivity index (χ0n) is 13.6. The summed E-state index contributed by atoms with van der Waals surface area (Å²) in [5.74, 6) is 1.74. The van der Waals surface area contributed by atoms with Crippen LogP contribution >= 0.6 is 0 Å². The largest absolute Gasteiger partial charge is 0.492 e. The molecule has 0 bridgehead atoms. The van der Waals surface area contributed by atoms with Crippen LogP contribution in [0.25, 0.3) is 0 Å². The van der Waals surface area contributed by atoms with Crippen LogP contribution in [-0.4, -0.2) is 57.2 Å². The maximum Gasteiger partial charge on any atom is 0.191 e. The van der Waals surface area contributed by atoms with Gasteiger partial charge in [0, 0.05) is 20.1 Å². The molecule has 5 nitrogen and oxygen atoms in total. The van der Waals surface area contributed by atoms with Crippen LogP contribution < -0.4 is 15.4 Å². The number of benzene rings is 1. The van der Waals surface area contributed by atoms with Gasteiger partial charge in [0.25, 0.3) is 0 Å². The van der Waals surface area contributed by atoms with E-state index in [0.29, 0.717) is 6.61 Å². The van der Waals surface area contributed by atoms with Gasteiger partial charge in [0.2, 0.25) is 0 Å². The number of piperidine rings is 1. The molecule has 22 heavy (non-hydrogen) atoms. The van der Waals surface area contributed by atoms with Gasteiger partial charge in [-0.05, 0) is 38.1 Å². The van der Waals surface area contributed by atoms with Crippen molar-refractivity contribution in [2.75, 3.05) is 46.4 Å². The van der Waals surface area contributed by atoms with Crippen molar-refractivity contribution in [3.8, 4) is 5.75 Å². The number of nitrogens with one attached hydrogen (secondary N) is 2. The first kappa shape index (κ1) is 16.6. The standard InChI is InChI=1S/C17H28N4O/c1-18-17(19-10-14-21-12-6-3-7-13-21)20-11-15-22-16-8-4-2-5-9-16/h2,4-5,8-9H,3,6-7,10-15H2,1H3,(H2,18,19,20). The lowest BCUT2D eigenvalue weighted by atomic mass is 10.1. The van der Waals surface area contributed by atoms with E-state index in [1.54, 1.807) is 7.05 Å². The predicted octanol–water partition coefficient (Wildman–Crippen LogP) is 1.72. The Kier molecular flexibility index (Phi) is 7.60. The van der Waals surface area contributed by atoms with Gasteiger partial charge < -0.3 is 20.3 Å². The van der Waals surface area contributed by atoms with Gasteiger partial charge in [0.05, 0.1) is 6.54 Å². The Bertz CT molecular complexity index is 430. The van der Waals surface area contributed by atoms with E-state index in [1.807, 2.05) is 30.3 Å². The first-order chi connectivity index (χ1) is 10.9. The molecule has 1 fully saturated rings. The van der Waals surface area contributed by atoms with Crippen LogP contribution in [0.5, 0.6) is 5.75 Å². The minimum atomic E-state index is 0.622. The smallest absolute Gasteiger partial charge is 0.191 e. The van der Waals surface area contributed by atoms with Gasteiger partial charge in [0.1, 0.15) is 12.4 Å². The lowest BCUT2D eigenvalue weighted by Gasteiger charge is -2.26. The zero-order valence-corrected chi connectivity index (χ0v) is 13.6. The van der Waals surface area contributed by atoms with Crippen molar-refractivity contribution < 1.29 is 4.74 Å². The van der Waals surface area contributed by atoms with Crippen LogP contribution in [0.1, 0.15) is 19.3 Å². The first-order valence-electron chi connectivity index (χ1n) is 8.23. The Morgan fingerprint density at radius 1 is 1.09 bits per heavy atom. The Morgan fingerprint density at radius 3 is 2.55 bits per heavy atom. The van der Waals surface area contributed by atoms with E-state index in [-0.39, 0.29) is 0 Å². The van der Waals surface area contributed by atoms with E-state index in [1.165, 1.54) is 32.4 Å². The highest BCUT2D eigenvalue weighted by Gasteiger charge is 2.09. The number of aliphatic imine (C=N–C) groups is 1. The third-order valence-corrected chi connectivity index (χ3v) is 3.80. The molecular formula is C17H28N4O. The van der Waals surface area contributed by atoms with Crippen LogP contribution in [0.15, 0.2) is 35.3 Å². The van der Waals surface area contributed by atoms with Gasteiger partial charge in [-0.25, -0.2) is 0 Å². The molecule has 0 atom stereocenters. The summed E-state index contributed by atoms with van der Waals surface area (Å²) in [6.45, 7) is 5.84. The highest BCUT2D eigenvalue weighted by Crippen LogP contribution is 2.08. The van der Waals surface area contributed by atoms with Crippen molar-refractivity contribution >= 4 is 5.96 Å². The number of hydrogen-bond acceptors (Lipinski definition) is 3. The lowest BCUT2D eigenvalue weighted by molar-refractivity contribution is 0.232. The summed E-state index contributed by atoms with van der Waals surface area (Å²) in [5, 5.41) is 6.63. The van der Waals surface area contributed by atoms with E-state index >= 15 is 0 Å². The van der Waals surface area contributed by atoms with Gasteiger partial charge >= 0.3 is 0 Å². The predicted molar refractivity (Wildman–Crippen MR) is 91.6 cm³/mol. The molecule has 0 spiro atoms. The Balaban J connectivity index is 1.55. The molecule has 0 saturated carbocycles. The molecule has 1 heterocycles. The van der Waals surface area contributed by atoms with Crippen LogP contribution in [0, 0.1) is 0 Å². The summed E-state index contributed by atoms with van der Waals surface area (Å²) in [7, 11) is 1.80. The van der Waals surface area contributed by atoms with E-state index in [2.05, 4.69) is 20.5 Å². The summed E-state index contributed by atoms with van der Waals surface area (Å²) in [6.07, 6.45) is 4.06. The second kappa shape index (κ2) is 10.1. The van der Waals surface area contributed by atoms with E-state index in [4.69, 9.17) is 4.74 Å². The van der Waals surface area contributed by atoms with Gasteiger partial charge in [-0.3, -0.25) is 4.99 Å². The van der Waals surface area contributed by atoms with Crippen LogP contribution in [0.2, 0.25) is 0 Å². The quantitative estimate of drug-likeness (QED) is 0.457. The first-order valence-corrected chi connectivity index (χ1v) is 8.23. The maximum atomic E-state index is 5.65. The lowest BCUT2D eigenvalue weighted by Crippen LogP contribution is -2.43. The Morgan fingerprint density at radius 2 is 1.82 bits per heavy atom. The normalized spacial score (nSPS) is 16.3. The van der Waals surface area contributed by atoms with E-state index in [9.17, 15) is 0 Å². The van der Waals surface area contributed by atoms with Crippen molar-refractivity contribution in [3.63, 3.8) is 0 Å². The average molecular weight is 304 g/mol. The van der Waals surface area contributed by atoms with Gasteiger partial charge in [-0.1, -0.05) is 24.6 Å². The molecule has 1 aromatic carbocycles. The molecule has 0 radical (unpaired) electrons. The molecule has 0 aromatic heterocycles. The minimum Gasteiger partial charge on any atom is -0.492 e. The van der Waals surface area contributed by atoms with Gasteiger partial charge in [-0.2, -0.15) is 0 Å². The molecule has 1 saturated heterocycles. The van der Waals surface area contributed by atoms with Crippen molar-refractivity contribution in [2.24, 2.45) is 4.99 Å². The number of guanidine groups is 1. The molecular weight excluding hydrogens is 276 g/mol. The summed E-state index contributed by atoms with van der Waals surface area (Å²) in [4.78, 5) is 6.75. The average Bonchev–Trinajstić information content (AvgIpc) is 2.59. The molecule has 2 N–H and O–H groups in total. The van der Waals surface area contributed by atoms with Crippen LogP contribution in [0.3, 0.4) is 0 Å². The number of ether oxygens (including phenoxy) is 1. The van der Waals surface area contributed by atoms with Crippen LogP contribution in [0.4, 0.5) is 0 Å². The minimum absolute atomic E-state index is 0.622. The number of nitrogens with zero attached hydrogens (tertiary/aromatic N) is 2. The summed E-state index contributed by atoms with van der Waals surface area (Å²) in [5.41, 5.74) is 0. The highest BCUT2D eigenvalue weighted by atomic mass is 16.5. The monoisotopic (exact) mass is 304 g/mol. The SMILES string of the molecule is CN=C(NCCOc1ccccc1)NCCN1CCCCC1. The molecule has 0 aliphatic carbocycles. The van der Waals surface area contributed by atoms with Crippen molar-refractivity contribution in [2.45, 2.75) is 19.3 Å². The molecule has 122 valence electrons. The third kappa shape index (κ3) is 6.35. The second-order valence-electron chi connectivity index (χ2n) is 5.49. The molecule has 5 heteroatoms. The molecule has 1 aliphatic rings. The van der Waals surface area contributed by atoms with Crippen molar-refractivity contribution in [1.82, 2.24) is 15.5 Å². The van der Waals surface area contributed by atoms with Crippen molar-refractivity contribution in [1.29, 1.82) is 0 Å². The Labute approximate surface area is 133 Å². The molecule has 0 amide bonds. The molecule has 0 unspecified atom stereocenters. The van der Waals surface area contributed by atoms with Gasteiger partial charge in [0.15, 0.2) is 5.96 Å². The van der Waals surface area contributed by atoms with Crippen molar-refractivity contribution in [3.05, 3.63) is 30.3 Å². The van der Waals surface area contributed by atoms with Gasteiger partial charge in [-0.15, -0.1) is 0 Å². The van der Waals surface area contributed by atoms with E-state index < -0.39 is 0 Å².